The van der Waals surface area contributed by atoms with E-state index in [1.165, 1.54) is 0 Å². The number of carbonyl (C=O) groups is 1. The van der Waals surface area contributed by atoms with Gasteiger partial charge < -0.3 is 20.1 Å². The van der Waals surface area contributed by atoms with Crippen molar-refractivity contribution < 1.29 is 14.6 Å². The normalized spacial score (nSPS) is 15.7. The number of terminal acetylenes is 1. The lowest BCUT2D eigenvalue weighted by Gasteiger charge is -2.24. The van der Waals surface area contributed by atoms with Crippen LogP contribution in [0.25, 0.3) is 0 Å². The molecule has 1 amide bonds. The van der Waals surface area contributed by atoms with Crippen LogP contribution in [-0.4, -0.2) is 72.9 Å². The van der Waals surface area contributed by atoms with Gasteiger partial charge in [0.2, 0.25) is 5.91 Å². The van der Waals surface area contributed by atoms with E-state index in [0.717, 1.165) is 44.0 Å². The van der Waals surface area contributed by atoms with Crippen LogP contribution in [-0.2, 0) is 16.0 Å². The number of nitrogens with one attached hydrogen (secondary N) is 1. The van der Waals surface area contributed by atoms with Gasteiger partial charge in [0.15, 0.2) is 0 Å². The fourth-order valence-corrected chi connectivity index (χ4v) is 3.62. The summed E-state index contributed by atoms with van der Waals surface area (Å²) in [5, 5.41) is 13.0. The van der Waals surface area contributed by atoms with E-state index in [0.29, 0.717) is 18.7 Å². The smallest absolute Gasteiger partial charge is 0.228 e. The van der Waals surface area contributed by atoms with Crippen LogP contribution in [0.3, 0.4) is 0 Å². The average molecular weight is 423 g/mol. The number of nitrogens with zero attached hydrogens (tertiary/aromatic N) is 3. The largest absolute Gasteiger partial charge is 0.389 e. The Morgan fingerprint density at radius 2 is 2.03 bits per heavy atom. The van der Waals surface area contributed by atoms with Crippen molar-refractivity contribution in [1.82, 2.24) is 9.88 Å². The summed E-state index contributed by atoms with van der Waals surface area (Å²) in [7, 11) is 0. The Morgan fingerprint density at radius 1 is 1.19 bits per heavy atom. The Morgan fingerprint density at radius 3 is 2.77 bits per heavy atom. The molecule has 0 saturated carbocycles. The summed E-state index contributed by atoms with van der Waals surface area (Å²) in [6.07, 6.45) is 7.63. The first-order valence-corrected chi connectivity index (χ1v) is 10.6. The number of carbonyl (C=O) groups excluding carboxylic acids is 1. The third-order valence-electron chi connectivity index (χ3n) is 5.12. The lowest BCUT2D eigenvalue weighted by atomic mass is 10.1. The number of amides is 1. The number of aliphatic hydroxyl groups is 1. The van der Waals surface area contributed by atoms with E-state index in [4.69, 9.17) is 11.2 Å². The zero-order valence-corrected chi connectivity index (χ0v) is 17.7. The Bertz CT molecular complexity index is 851. The molecule has 0 bridgehead atoms. The van der Waals surface area contributed by atoms with E-state index < -0.39 is 6.10 Å². The molecule has 1 saturated heterocycles. The molecule has 2 heterocycles. The molecule has 0 radical (unpaired) electrons. The zero-order chi connectivity index (χ0) is 21.9. The van der Waals surface area contributed by atoms with Crippen LogP contribution in [0.15, 0.2) is 48.7 Å². The average Bonchev–Trinajstić information content (AvgIpc) is 3.01. The molecule has 2 N–H and O–H groups in total. The van der Waals surface area contributed by atoms with Crippen molar-refractivity contribution in [2.75, 3.05) is 56.2 Å². The maximum atomic E-state index is 12.2. The van der Waals surface area contributed by atoms with Gasteiger partial charge in [-0.2, -0.15) is 0 Å². The minimum atomic E-state index is -0.545. The van der Waals surface area contributed by atoms with Crippen molar-refractivity contribution in [1.29, 1.82) is 0 Å². The number of rotatable bonds is 9. The van der Waals surface area contributed by atoms with Crippen molar-refractivity contribution in [3.63, 3.8) is 0 Å². The van der Waals surface area contributed by atoms with Crippen LogP contribution in [0.2, 0.25) is 0 Å². The van der Waals surface area contributed by atoms with Crippen LogP contribution in [0.5, 0.6) is 0 Å². The number of pyridine rings is 1. The maximum absolute atomic E-state index is 12.2. The fraction of sp³-hybridized carbons (Fsp3) is 0.417. The molecule has 1 aromatic carbocycles. The zero-order valence-electron chi connectivity index (χ0n) is 17.7. The summed E-state index contributed by atoms with van der Waals surface area (Å²) in [6, 6.07) is 13.5. The Labute approximate surface area is 184 Å². The van der Waals surface area contributed by atoms with Crippen molar-refractivity contribution in [3.05, 3.63) is 54.2 Å². The number of aromatic nitrogens is 1. The molecule has 3 rings (SSSR count). The molecule has 1 atom stereocenters. The number of β-amino-alcohol motifs (C(OH)–C–C–N with tert-alkyl or cyclic N) is 1. The van der Waals surface area contributed by atoms with Gasteiger partial charge in [-0.15, -0.1) is 6.42 Å². The fourth-order valence-electron chi connectivity index (χ4n) is 3.62. The lowest BCUT2D eigenvalue weighted by molar-refractivity contribution is -0.115. The maximum Gasteiger partial charge on any atom is 0.228 e. The van der Waals surface area contributed by atoms with Crippen LogP contribution < -0.4 is 10.2 Å². The first kappa shape index (κ1) is 22.8. The summed E-state index contributed by atoms with van der Waals surface area (Å²) in [6.45, 7) is 4.51. The van der Waals surface area contributed by atoms with Crippen LogP contribution in [0.1, 0.15) is 12.0 Å². The second-order valence-electron chi connectivity index (χ2n) is 7.63. The second kappa shape index (κ2) is 12.1. The van der Waals surface area contributed by atoms with E-state index >= 15 is 0 Å². The molecule has 7 heteroatoms. The van der Waals surface area contributed by atoms with Gasteiger partial charge in [-0.05, 0) is 30.7 Å². The number of aliphatic hydroxyl groups excluding tert-OH is 1. The minimum absolute atomic E-state index is 0.0593. The Balaban J connectivity index is 1.46. The number of hydrogen-bond acceptors (Lipinski definition) is 6. The summed E-state index contributed by atoms with van der Waals surface area (Å²) >= 11 is 0. The molecular weight excluding hydrogens is 392 g/mol. The molecule has 1 aliphatic heterocycles. The molecule has 7 nitrogen and oxygen atoms in total. The summed E-state index contributed by atoms with van der Waals surface area (Å²) in [4.78, 5) is 21.2. The Kier molecular flexibility index (Phi) is 8.85. The predicted octanol–water partition coefficient (Wildman–Crippen LogP) is 1.79. The first-order chi connectivity index (χ1) is 15.1. The predicted molar refractivity (Wildman–Crippen MR) is 122 cm³/mol. The van der Waals surface area contributed by atoms with Gasteiger partial charge in [-0.1, -0.05) is 36.3 Å². The van der Waals surface area contributed by atoms with Gasteiger partial charge in [-0.3, -0.25) is 9.69 Å². The third kappa shape index (κ3) is 7.68. The van der Waals surface area contributed by atoms with E-state index in [9.17, 15) is 9.90 Å². The first-order valence-electron chi connectivity index (χ1n) is 10.6. The van der Waals surface area contributed by atoms with Crippen molar-refractivity contribution in [2.24, 2.45) is 0 Å². The minimum Gasteiger partial charge on any atom is -0.389 e. The molecule has 0 spiro atoms. The van der Waals surface area contributed by atoms with Gasteiger partial charge in [0, 0.05) is 26.2 Å². The topological polar surface area (TPSA) is 77.9 Å². The molecule has 164 valence electrons. The van der Waals surface area contributed by atoms with E-state index in [-0.39, 0.29) is 19.1 Å². The molecule has 0 aliphatic carbocycles. The number of anilines is 2. The highest BCUT2D eigenvalue weighted by Gasteiger charge is 2.18. The number of ether oxygens (including phenoxy) is 1. The van der Waals surface area contributed by atoms with Crippen molar-refractivity contribution >= 4 is 17.4 Å². The summed E-state index contributed by atoms with van der Waals surface area (Å²) < 4.78 is 5.22. The highest BCUT2D eigenvalue weighted by atomic mass is 16.5. The van der Waals surface area contributed by atoms with Gasteiger partial charge >= 0.3 is 0 Å². The van der Waals surface area contributed by atoms with Crippen molar-refractivity contribution in [2.45, 2.75) is 18.9 Å². The van der Waals surface area contributed by atoms with E-state index in [1.54, 1.807) is 6.20 Å². The third-order valence-corrected chi connectivity index (χ3v) is 5.12. The highest BCUT2D eigenvalue weighted by Crippen LogP contribution is 2.17. The summed E-state index contributed by atoms with van der Waals surface area (Å²) in [5.41, 5.74) is 1.67. The van der Waals surface area contributed by atoms with Crippen molar-refractivity contribution in [3.8, 4) is 12.3 Å². The van der Waals surface area contributed by atoms with Gasteiger partial charge in [-0.25, -0.2) is 4.98 Å². The Hall–Kier alpha value is -2.92. The lowest BCUT2D eigenvalue weighted by Crippen LogP contribution is -2.37. The summed E-state index contributed by atoms with van der Waals surface area (Å²) in [5.74, 6) is 3.23. The monoisotopic (exact) mass is 422 g/mol. The SMILES string of the molecule is C#CCOCC(O)CN1CCCN(c2ccc(NC(=O)Cc3ccccc3)cn2)CC1. The molecular formula is C24H30N4O3. The quantitative estimate of drug-likeness (QED) is 0.474. The molecule has 1 aliphatic rings. The standard InChI is InChI=1S/C24H30N4O3/c1-2-15-31-19-22(29)18-27-11-6-12-28(14-13-27)23-10-9-21(17-25-23)26-24(30)16-20-7-4-3-5-8-20/h1,3-5,7-10,17,22,29H,6,11-16,18-19H2,(H,26,30). The molecule has 1 fully saturated rings. The van der Waals surface area contributed by atoms with Gasteiger partial charge in [0.1, 0.15) is 12.4 Å². The van der Waals surface area contributed by atoms with Gasteiger partial charge in [0.25, 0.3) is 0 Å². The van der Waals surface area contributed by atoms with E-state index in [2.05, 4.69) is 26.0 Å². The van der Waals surface area contributed by atoms with Crippen LogP contribution in [0, 0.1) is 12.3 Å². The molecule has 2 aromatic rings. The highest BCUT2D eigenvalue weighted by molar-refractivity contribution is 5.92. The molecule has 1 unspecified atom stereocenters. The number of benzene rings is 1. The van der Waals surface area contributed by atoms with E-state index in [1.807, 2.05) is 42.5 Å². The molecule has 1 aromatic heterocycles. The van der Waals surface area contributed by atoms with Crippen LogP contribution in [0.4, 0.5) is 11.5 Å². The van der Waals surface area contributed by atoms with Crippen LogP contribution >= 0.6 is 0 Å². The molecule has 31 heavy (non-hydrogen) atoms. The number of hydrogen-bond donors (Lipinski definition) is 2. The van der Waals surface area contributed by atoms with Gasteiger partial charge in [0.05, 0.1) is 31.0 Å². The second-order valence-corrected chi connectivity index (χ2v) is 7.63.